The van der Waals surface area contributed by atoms with E-state index < -0.39 is 6.10 Å². The minimum absolute atomic E-state index is 0.0656. The Hall–Kier alpha value is -1.59. The molecule has 51 heavy (non-hydrogen) atoms. The molecule has 6 nitrogen and oxygen atoms in total. The van der Waals surface area contributed by atoms with Crippen LogP contribution in [0.5, 0.6) is 0 Å². The molecule has 0 bridgehead atoms. The van der Waals surface area contributed by atoms with Gasteiger partial charge in [0, 0.05) is 19.3 Å². The molecule has 0 saturated heterocycles. The van der Waals surface area contributed by atoms with E-state index >= 15 is 0 Å². The lowest BCUT2D eigenvalue weighted by Crippen LogP contribution is -2.30. The van der Waals surface area contributed by atoms with Crippen molar-refractivity contribution in [2.75, 3.05) is 13.2 Å². The number of hydrogen-bond donors (Lipinski definition) is 0. The fourth-order valence-electron chi connectivity index (χ4n) is 6.58. The van der Waals surface area contributed by atoms with E-state index in [-0.39, 0.29) is 31.1 Å². The lowest BCUT2D eigenvalue weighted by Gasteiger charge is -2.18. The van der Waals surface area contributed by atoms with Gasteiger partial charge in [-0.1, -0.05) is 202 Å². The van der Waals surface area contributed by atoms with Gasteiger partial charge in [0.2, 0.25) is 0 Å². The highest BCUT2D eigenvalue weighted by molar-refractivity contribution is 5.71. The van der Waals surface area contributed by atoms with Gasteiger partial charge in [-0.3, -0.25) is 14.4 Å². The molecule has 0 amide bonds. The lowest BCUT2D eigenvalue weighted by molar-refractivity contribution is -0.167. The summed E-state index contributed by atoms with van der Waals surface area (Å²) in [7, 11) is 0. The molecule has 302 valence electrons. The first-order valence-electron chi connectivity index (χ1n) is 22.2. The number of rotatable bonds is 39. The van der Waals surface area contributed by atoms with Gasteiger partial charge in [-0.2, -0.15) is 0 Å². The second-order valence-electron chi connectivity index (χ2n) is 16.3. The van der Waals surface area contributed by atoms with Crippen LogP contribution in [0.4, 0.5) is 0 Å². The van der Waals surface area contributed by atoms with E-state index in [0.717, 1.165) is 69.6 Å². The standard InChI is InChI=1S/C45H86O6/c1-6-7-8-9-18-25-30-35-43(46)49-38-42(51-45(48)37-32-27-22-17-13-11-15-20-24-29-34-41(4)5)39-50-44(47)36-31-26-21-16-12-10-14-19-23-28-33-40(2)3/h40-42H,6-39H2,1-5H3/t42-/m1/s1. The van der Waals surface area contributed by atoms with Gasteiger partial charge in [0.05, 0.1) is 0 Å². The molecule has 0 unspecified atom stereocenters. The molecule has 0 saturated carbocycles. The summed E-state index contributed by atoms with van der Waals surface area (Å²) in [6.07, 6.45) is 35.3. The predicted octanol–water partition coefficient (Wildman–Crippen LogP) is 13.8. The topological polar surface area (TPSA) is 78.9 Å². The molecular weight excluding hydrogens is 636 g/mol. The first kappa shape index (κ1) is 49.4. The average molecular weight is 723 g/mol. The quantitative estimate of drug-likeness (QED) is 0.0357. The van der Waals surface area contributed by atoms with Gasteiger partial charge < -0.3 is 14.2 Å². The molecule has 1 atom stereocenters. The highest BCUT2D eigenvalue weighted by Crippen LogP contribution is 2.16. The van der Waals surface area contributed by atoms with Crippen molar-refractivity contribution in [3.8, 4) is 0 Å². The van der Waals surface area contributed by atoms with Crippen molar-refractivity contribution in [3.63, 3.8) is 0 Å². The fraction of sp³-hybridized carbons (Fsp3) is 0.933. The van der Waals surface area contributed by atoms with E-state index in [9.17, 15) is 14.4 Å². The zero-order valence-corrected chi connectivity index (χ0v) is 34.7. The maximum absolute atomic E-state index is 12.7. The van der Waals surface area contributed by atoms with E-state index in [0.29, 0.717) is 19.3 Å². The SMILES string of the molecule is CCCCCCCCCC(=O)OC[C@H](COC(=O)CCCCCCCCCCCCC(C)C)OC(=O)CCCCCCCCCCCCC(C)C. The third-order valence-electron chi connectivity index (χ3n) is 9.97. The van der Waals surface area contributed by atoms with Crippen LogP contribution in [0.2, 0.25) is 0 Å². The third-order valence-corrected chi connectivity index (χ3v) is 9.97. The van der Waals surface area contributed by atoms with Gasteiger partial charge >= 0.3 is 17.9 Å². The third kappa shape index (κ3) is 39.5. The fourth-order valence-corrected chi connectivity index (χ4v) is 6.58. The van der Waals surface area contributed by atoms with Crippen molar-refractivity contribution >= 4 is 17.9 Å². The molecule has 0 aliphatic carbocycles. The van der Waals surface area contributed by atoms with Crippen molar-refractivity contribution < 1.29 is 28.6 Å². The van der Waals surface area contributed by atoms with Crippen molar-refractivity contribution in [3.05, 3.63) is 0 Å². The lowest BCUT2D eigenvalue weighted by atomic mass is 10.0. The predicted molar refractivity (Wildman–Crippen MR) is 215 cm³/mol. The van der Waals surface area contributed by atoms with Crippen LogP contribution < -0.4 is 0 Å². The van der Waals surface area contributed by atoms with Gasteiger partial charge in [0.25, 0.3) is 0 Å². The highest BCUT2D eigenvalue weighted by Gasteiger charge is 2.19. The normalized spacial score (nSPS) is 12.1. The maximum atomic E-state index is 12.7. The molecule has 0 aromatic carbocycles. The summed E-state index contributed by atoms with van der Waals surface area (Å²) in [6.45, 7) is 11.3. The Morgan fingerprint density at radius 2 is 0.647 bits per heavy atom. The Balaban J connectivity index is 4.29. The van der Waals surface area contributed by atoms with Crippen molar-refractivity contribution in [2.45, 2.75) is 246 Å². The summed E-state index contributed by atoms with van der Waals surface area (Å²) in [4.78, 5) is 37.5. The zero-order chi connectivity index (χ0) is 37.6. The molecule has 0 fully saturated rings. The van der Waals surface area contributed by atoms with E-state index in [2.05, 4.69) is 34.6 Å². The largest absolute Gasteiger partial charge is 0.462 e. The molecule has 0 aliphatic rings. The Morgan fingerprint density at radius 1 is 0.373 bits per heavy atom. The van der Waals surface area contributed by atoms with Gasteiger partial charge in [-0.15, -0.1) is 0 Å². The number of hydrogen-bond acceptors (Lipinski definition) is 6. The van der Waals surface area contributed by atoms with Crippen LogP contribution in [0.3, 0.4) is 0 Å². The Morgan fingerprint density at radius 3 is 0.961 bits per heavy atom. The molecule has 0 spiro atoms. The summed E-state index contributed by atoms with van der Waals surface area (Å²) < 4.78 is 16.6. The highest BCUT2D eigenvalue weighted by atomic mass is 16.6. The molecule has 0 radical (unpaired) electrons. The summed E-state index contributed by atoms with van der Waals surface area (Å²) in [5.74, 6) is 0.769. The van der Waals surface area contributed by atoms with Crippen molar-refractivity contribution in [1.29, 1.82) is 0 Å². The van der Waals surface area contributed by atoms with Crippen LogP contribution in [0.25, 0.3) is 0 Å². The minimum atomic E-state index is -0.759. The van der Waals surface area contributed by atoms with Gasteiger partial charge in [-0.25, -0.2) is 0 Å². The molecular formula is C45H86O6. The molecule has 0 rings (SSSR count). The van der Waals surface area contributed by atoms with Crippen LogP contribution in [-0.4, -0.2) is 37.2 Å². The molecule has 6 heteroatoms. The molecule has 0 aromatic heterocycles. The van der Waals surface area contributed by atoms with Crippen LogP contribution in [0.15, 0.2) is 0 Å². The molecule has 0 heterocycles. The Kier molecular flexibility index (Phi) is 37.0. The second-order valence-corrected chi connectivity index (χ2v) is 16.3. The first-order chi connectivity index (χ1) is 24.7. The summed E-state index contributed by atoms with van der Waals surface area (Å²) in [5.41, 5.74) is 0. The van der Waals surface area contributed by atoms with Crippen LogP contribution >= 0.6 is 0 Å². The van der Waals surface area contributed by atoms with E-state index in [4.69, 9.17) is 14.2 Å². The van der Waals surface area contributed by atoms with E-state index in [1.165, 1.54) is 128 Å². The van der Waals surface area contributed by atoms with Crippen LogP contribution in [-0.2, 0) is 28.6 Å². The monoisotopic (exact) mass is 723 g/mol. The summed E-state index contributed by atoms with van der Waals surface area (Å²) >= 11 is 0. The van der Waals surface area contributed by atoms with E-state index in [1.54, 1.807) is 0 Å². The Labute approximate surface area is 317 Å². The summed E-state index contributed by atoms with van der Waals surface area (Å²) in [5, 5.41) is 0. The van der Waals surface area contributed by atoms with Crippen LogP contribution in [0.1, 0.15) is 240 Å². The van der Waals surface area contributed by atoms with Crippen LogP contribution in [0, 0.1) is 11.8 Å². The van der Waals surface area contributed by atoms with Gasteiger partial charge in [-0.05, 0) is 31.1 Å². The minimum Gasteiger partial charge on any atom is -0.462 e. The van der Waals surface area contributed by atoms with E-state index in [1.807, 2.05) is 0 Å². The van der Waals surface area contributed by atoms with Crippen molar-refractivity contribution in [1.82, 2.24) is 0 Å². The molecule has 0 aromatic rings. The van der Waals surface area contributed by atoms with Gasteiger partial charge in [0.15, 0.2) is 6.10 Å². The number of ether oxygens (including phenoxy) is 3. The smallest absolute Gasteiger partial charge is 0.306 e. The Bertz CT molecular complexity index is 779. The number of esters is 3. The summed E-state index contributed by atoms with van der Waals surface area (Å²) in [6, 6.07) is 0. The van der Waals surface area contributed by atoms with Crippen molar-refractivity contribution in [2.24, 2.45) is 11.8 Å². The molecule has 0 N–H and O–H groups in total. The average Bonchev–Trinajstić information content (AvgIpc) is 3.09. The number of carbonyl (C=O) groups excluding carboxylic acids is 3. The second kappa shape index (κ2) is 38.1. The number of carbonyl (C=O) groups is 3. The zero-order valence-electron chi connectivity index (χ0n) is 34.7. The van der Waals surface area contributed by atoms with Gasteiger partial charge in [0.1, 0.15) is 13.2 Å². The number of unbranched alkanes of at least 4 members (excludes halogenated alkanes) is 24. The first-order valence-corrected chi connectivity index (χ1v) is 22.2. The maximum Gasteiger partial charge on any atom is 0.306 e. The molecule has 0 aliphatic heterocycles.